The first-order valence-corrected chi connectivity index (χ1v) is 6.76. The van der Waals surface area contributed by atoms with Crippen molar-refractivity contribution in [1.82, 2.24) is 0 Å². The number of rotatable bonds is 8. The lowest BCUT2D eigenvalue weighted by molar-refractivity contribution is -0.858. The number of hydrogen-bond acceptors (Lipinski definition) is 2. The number of nitrogens with one attached hydrogen (secondary N) is 1. The van der Waals surface area contributed by atoms with Crippen molar-refractivity contribution in [3.8, 4) is 11.5 Å². The van der Waals surface area contributed by atoms with Gasteiger partial charge in [-0.15, -0.1) is 0 Å². The summed E-state index contributed by atoms with van der Waals surface area (Å²) in [6, 6.07) is 6.22. The molecule has 0 fully saturated rings. The van der Waals surface area contributed by atoms with Crippen molar-refractivity contribution < 1.29 is 14.4 Å². The molecule has 1 aromatic rings. The van der Waals surface area contributed by atoms with E-state index in [1.165, 1.54) is 10.5 Å². The van der Waals surface area contributed by atoms with Crippen LogP contribution in [0.5, 0.6) is 11.5 Å². The Balaban J connectivity index is 2.54. The van der Waals surface area contributed by atoms with Gasteiger partial charge in [-0.3, -0.25) is 0 Å². The van der Waals surface area contributed by atoms with Gasteiger partial charge in [-0.1, -0.05) is 19.4 Å². The van der Waals surface area contributed by atoms with Crippen molar-refractivity contribution in [3.05, 3.63) is 23.8 Å². The summed E-state index contributed by atoms with van der Waals surface area (Å²) in [5.41, 5.74) is 1.31. The molecule has 0 spiro atoms. The molecule has 0 heterocycles. The molecule has 0 aliphatic heterocycles. The fourth-order valence-corrected chi connectivity index (χ4v) is 1.88. The average molecular weight is 252 g/mol. The van der Waals surface area contributed by atoms with Gasteiger partial charge in [-0.2, -0.15) is 0 Å². The van der Waals surface area contributed by atoms with Crippen LogP contribution in [0, 0.1) is 0 Å². The quantitative estimate of drug-likeness (QED) is 0.710. The molecular formula is C15H26NO2+. The molecule has 0 aliphatic carbocycles. The summed E-state index contributed by atoms with van der Waals surface area (Å²) in [5.74, 6) is 1.70. The molecule has 0 unspecified atom stereocenters. The van der Waals surface area contributed by atoms with Crippen LogP contribution in [0.15, 0.2) is 18.2 Å². The summed E-state index contributed by atoms with van der Waals surface area (Å²) in [6.07, 6.45) is 3.29. The van der Waals surface area contributed by atoms with Gasteiger partial charge >= 0.3 is 0 Å². The molecule has 1 N–H and O–H groups in total. The van der Waals surface area contributed by atoms with Crippen LogP contribution in [0.2, 0.25) is 0 Å². The number of ether oxygens (including phenoxy) is 2. The second-order valence-corrected chi connectivity index (χ2v) is 4.89. The van der Waals surface area contributed by atoms with E-state index in [0.717, 1.165) is 43.9 Å². The summed E-state index contributed by atoms with van der Waals surface area (Å²) >= 11 is 0. The number of hydrogen-bond donors (Lipinski definition) is 1. The molecule has 0 bridgehead atoms. The van der Waals surface area contributed by atoms with E-state index in [9.17, 15) is 0 Å². The molecule has 1 rings (SSSR count). The van der Waals surface area contributed by atoms with E-state index in [2.05, 4.69) is 33.2 Å². The number of quaternary nitrogens is 1. The molecule has 0 aliphatic rings. The van der Waals surface area contributed by atoms with Crippen LogP contribution in [-0.4, -0.2) is 34.4 Å². The maximum absolute atomic E-state index is 5.77. The second-order valence-electron chi connectivity index (χ2n) is 4.89. The Morgan fingerprint density at radius 3 is 2.56 bits per heavy atom. The summed E-state index contributed by atoms with van der Waals surface area (Å²) in [7, 11) is 6.00. The number of benzene rings is 1. The maximum Gasteiger partial charge on any atom is 0.161 e. The fourth-order valence-electron chi connectivity index (χ4n) is 1.88. The van der Waals surface area contributed by atoms with Gasteiger partial charge in [-0.25, -0.2) is 0 Å². The Hall–Kier alpha value is -1.22. The normalized spacial score (nSPS) is 10.7. The van der Waals surface area contributed by atoms with Crippen molar-refractivity contribution in [2.24, 2.45) is 0 Å². The summed E-state index contributed by atoms with van der Waals surface area (Å²) < 4.78 is 11.2. The lowest BCUT2D eigenvalue weighted by Gasteiger charge is -2.12. The highest BCUT2D eigenvalue weighted by Crippen LogP contribution is 2.28. The highest BCUT2D eigenvalue weighted by atomic mass is 16.5. The van der Waals surface area contributed by atoms with E-state index in [4.69, 9.17) is 9.47 Å². The minimum Gasteiger partial charge on any atom is -0.493 e. The van der Waals surface area contributed by atoms with Crippen LogP contribution in [0.25, 0.3) is 0 Å². The summed E-state index contributed by atoms with van der Waals surface area (Å²) in [5, 5.41) is 0. The molecule has 18 heavy (non-hydrogen) atoms. The predicted octanol–water partition coefficient (Wildman–Crippen LogP) is 1.56. The Labute approximate surface area is 111 Å². The Bertz CT molecular complexity index is 350. The van der Waals surface area contributed by atoms with E-state index < -0.39 is 0 Å². The van der Waals surface area contributed by atoms with Gasteiger partial charge in [0.1, 0.15) is 0 Å². The van der Waals surface area contributed by atoms with Crippen LogP contribution in [0.4, 0.5) is 0 Å². The van der Waals surface area contributed by atoms with Crippen LogP contribution >= 0.6 is 0 Å². The van der Waals surface area contributed by atoms with Crippen molar-refractivity contribution in [2.45, 2.75) is 26.2 Å². The van der Waals surface area contributed by atoms with Gasteiger partial charge < -0.3 is 14.4 Å². The van der Waals surface area contributed by atoms with Crippen molar-refractivity contribution in [3.63, 3.8) is 0 Å². The minimum atomic E-state index is 0.745. The Morgan fingerprint density at radius 2 is 1.94 bits per heavy atom. The molecule has 0 radical (unpaired) electrons. The monoisotopic (exact) mass is 252 g/mol. The van der Waals surface area contributed by atoms with Gasteiger partial charge in [0.05, 0.1) is 34.4 Å². The third-order valence-corrected chi connectivity index (χ3v) is 2.85. The highest BCUT2D eigenvalue weighted by molar-refractivity contribution is 5.42. The summed E-state index contributed by atoms with van der Waals surface area (Å²) in [6.45, 7) is 4.05. The Morgan fingerprint density at radius 1 is 1.17 bits per heavy atom. The first-order chi connectivity index (χ1) is 8.67. The largest absolute Gasteiger partial charge is 0.493 e. The molecule has 0 amide bonds. The van der Waals surface area contributed by atoms with Gasteiger partial charge in [0.2, 0.25) is 0 Å². The van der Waals surface area contributed by atoms with Crippen LogP contribution in [0.1, 0.15) is 25.3 Å². The molecule has 3 heteroatoms. The van der Waals surface area contributed by atoms with Crippen LogP contribution < -0.4 is 14.4 Å². The zero-order chi connectivity index (χ0) is 13.4. The van der Waals surface area contributed by atoms with E-state index >= 15 is 0 Å². The fraction of sp³-hybridized carbons (Fsp3) is 0.600. The van der Waals surface area contributed by atoms with E-state index in [1.54, 1.807) is 7.11 Å². The zero-order valence-electron chi connectivity index (χ0n) is 12.1. The molecule has 0 saturated heterocycles. The summed E-state index contributed by atoms with van der Waals surface area (Å²) in [4.78, 5) is 1.45. The third-order valence-electron chi connectivity index (χ3n) is 2.85. The maximum atomic E-state index is 5.77. The highest BCUT2D eigenvalue weighted by Gasteiger charge is 2.05. The van der Waals surface area contributed by atoms with Crippen LogP contribution in [-0.2, 0) is 6.42 Å². The lowest BCUT2D eigenvalue weighted by Crippen LogP contribution is -3.05. The molecule has 3 nitrogen and oxygen atoms in total. The standard InChI is InChI=1S/C15H25NO2/c1-5-7-13-8-9-14(15(12-13)17-4)18-11-6-10-16(2)3/h8-9,12H,5-7,10-11H2,1-4H3/p+1. The van der Waals surface area contributed by atoms with Gasteiger partial charge in [-0.05, 0) is 24.1 Å². The van der Waals surface area contributed by atoms with Crippen molar-refractivity contribution in [1.29, 1.82) is 0 Å². The SMILES string of the molecule is CCCc1ccc(OCCC[NH+](C)C)c(OC)c1. The lowest BCUT2D eigenvalue weighted by atomic mass is 10.1. The molecule has 102 valence electrons. The minimum absolute atomic E-state index is 0.745. The zero-order valence-corrected chi connectivity index (χ0v) is 12.1. The molecule has 0 saturated carbocycles. The molecule has 0 aromatic heterocycles. The van der Waals surface area contributed by atoms with Crippen molar-refractivity contribution in [2.75, 3.05) is 34.4 Å². The van der Waals surface area contributed by atoms with Crippen LogP contribution in [0.3, 0.4) is 0 Å². The number of aryl methyl sites for hydroxylation is 1. The Kier molecular flexibility index (Phi) is 6.58. The number of methoxy groups -OCH3 is 1. The first kappa shape index (κ1) is 14.8. The smallest absolute Gasteiger partial charge is 0.161 e. The van der Waals surface area contributed by atoms with Gasteiger partial charge in [0.25, 0.3) is 0 Å². The van der Waals surface area contributed by atoms with Gasteiger partial charge in [0, 0.05) is 6.42 Å². The van der Waals surface area contributed by atoms with E-state index in [-0.39, 0.29) is 0 Å². The van der Waals surface area contributed by atoms with Crippen molar-refractivity contribution >= 4 is 0 Å². The predicted molar refractivity (Wildman–Crippen MR) is 74.8 cm³/mol. The first-order valence-electron chi connectivity index (χ1n) is 6.76. The van der Waals surface area contributed by atoms with E-state index in [0.29, 0.717) is 0 Å². The molecule has 0 atom stereocenters. The second kappa shape index (κ2) is 7.98. The average Bonchev–Trinajstić information content (AvgIpc) is 2.35. The third kappa shape index (κ3) is 4.96. The van der Waals surface area contributed by atoms with Gasteiger partial charge in [0.15, 0.2) is 11.5 Å². The van der Waals surface area contributed by atoms with E-state index in [1.807, 2.05) is 6.07 Å². The molecular weight excluding hydrogens is 226 g/mol. The topological polar surface area (TPSA) is 22.9 Å². The molecule has 1 aromatic carbocycles.